The van der Waals surface area contributed by atoms with E-state index in [9.17, 15) is 0 Å². The second-order valence-corrected chi connectivity index (χ2v) is 3.23. The summed E-state index contributed by atoms with van der Waals surface area (Å²) in [6.45, 7) is 1.45. The van der Waals surface area contributed by atoms with Crippen LogP contribution in [0.15, 0.2) is 24.3 Å². The van der Waals surface area contributed by atoms with E-state index in [0.29, 0.717) is 0 Å². The second-order valence-electron chi connectivity index (χ2n) is 2.80. The predicted octanol–water partition coefficient (Wildman–Crippen LogP) is 2.88. The summed E-state index contributed by atoms with van der Waals surface area (Å²) < 4.78 is 5.45. The lowest BCUT2D eigenvalue weighted by molar-refractivity contribution is 0.308. The van der Waals surface area contributed by atoms with Crippen molar-refractivity contribution in [3.8, 4) is 5.75 Å². The van der Waals surface area contributed by atoms with Gasteiger partial charge in [-0.3, -0.25) is 0 Å². The van der Waals surface area contributed by atoms with Crippen molar-refractivity contribution in [1.82, 2.24) is 0 Å². The van der Waals surface area contributed by atoms with E-state index in [1.54, 1.807) is 0 Å². The molecule has 0 heterocycles. The van der Waals surface area contributed by atoms with Crippen LogP contribution in [0.1, 0.15) is 12.8 Å². The molecule has 0 bridgehead atoms. The summed E-state index contributed by atoms with van der Waals surface area (Å²) in [6, 6.07) is 7.37. The van der Waals surface area contributed by atoms with Crippen LogP contribution in [0.2, 0.25) is 5.02 Å². The molecule has 0 spiro atoms. The fraction of sp³-hybridized carbons (Fsp3) is 0.400. The van der Waals surface area contributed by atoms with E-state index in [4.69, 9.17) is 22.1 Å². The molecular formula is C10H15Cl2NO. The average molecular weight is 236 g/mol. The lowest BCUT2D eigenvalue weighted by Gasteiger charge is -2.04. The summed E-state index contributed by atoms with van der Waals surface area (Å²) in [5.41, 5.74) is 5.35. The predicted molar refractivity (Wildman–Crippen MR) is 62.5 cm³/mol. The zero-order valence-electron chi connectivity index (χ0n) is 7.91. The maximum absolute atomic E-state index is 5.72. The largest absolute Gasteiger partial charge is 0.494 e. The Balaban J connectivity index is 0.00000169. The van der Waals surface area contributed by atoms with Crippen molar-refractivity contribution in [2.75, 3.05) is 13.2 Å². The minimum absolute atomic E-state index is 0. The van der Waals surface area contributed by atoms with Crippen molar-refractivity contribution in [2.45, 2.75) is 12.8 Å². The van der Waals surface area contributed by atoms with E-state index in [1.807, 2.05) is 24.3 Å². The third-order valence-electron chi connectivity index (χ3n) is 1.68. The number of hydrogen-bond donors (Lipinski definition) is 1. The summed E-state index contributed by atoms with van der Waals surface area (Å²) in [5, 5.41) is 0.731. The van der Waals surface area contributed by atoms with Crippen molar-refractivity contribution in [3.63, 3.8) is 0 Å². The van der Waals surface area contributed by atoms with Gasteiger partial charge < -0.3 is 10.5 Å². The van der Waals surface area contributed by atoms with E-state index in [1.165, 1.54) is 0 Å². The number of rotatable bonds is 5. The number of hydrogen-bond acceptors (Lipinski definition) is 2. The van der Waals surface area contributed by atoms with Gasteiger partial charge in [0.05, 0.1) is 6.61 Å². The van der Waals surface area contributed by atoms with Crippen molar-refractivity contribution in [2.24, 2.45) is 5.73 Å². The van der Waals surface area contributed by atoms with Crippen LogP contribution in [0.3, 0.4) is 0 Å². The molecule has 0 saturated heterocycles. The molecule has 4 heteroatoms. The number of halogens is 2. The first-order valence-electron chi connectivity index (χ1n) is 4.41. The van der Waals surface area contributed by atoms with Crippen LogP contribution < -0.4 is 10.5 Å². The number of unbranched alkanes of at least 4 members (excludes halogenated alkanes) is 1. The molecule has 0 aromatic heterocycles. The monoisotopic (exact) mass is 235 g/mol. The van der Waals surface area contributed by atoms with E-state index in [2.05, 4.69) is 0 Å². The van der Waals surface area contributed by atoms with Crippen LogP contribution in [0.25, 0.3) is 0 Å². The summed E-state index contributed by atoms with van der Waals surface area (Å²) in [7, 11) is 0. The zero-order valence-corrected chi connectivity index (χ0v) is 9.48. The normalized spacial score (nSPS) is 9.29. The molecule has 0 aliphatic rings. The Morgan fingerprint density at radius 1 is 1.14 bits per heavy atom. The van der Waals surface area contributed by atoms with E-state index >= 15 is 0 Å². The van der Waals surface area contributed by atoms with Gasteiger partial charge in [-0.25, -0.2) is 0 Å². The van der Waals surface area contributed by atoms with Gasteiger partial charge in [0.15, 0.2) is 0 Å². The zero-order chi connectivity index (χ0) is 9.52. The fourth-order valence-electron chi connectivity index (χ4n) is 0.967. The molecule has 0 radical (unpaired) electrons. The van der Waals surface area contributed by atoms with Gasteiger partial charge in [0, 0.05) is 5.02 Å². The molecule has 2 nitrogen and oxygen atoms in total. The third kappa shape index (κ3) is 5.32. The van der Waals surface area contributed by atoms with Gasteiger partial charge in [-0.05, 0) is 43.7 Å². The highest BCUT2D eigenvalue weighted by molar-refractivity contribution is 6.30. The Morgan fingerprint density at radius 2 is 1.79 bits per heavy atom. The second kappa shape index (κ2) is 7.92. The molecule has 0 aliphatic carbocycles. The van der Waals surface area contributed by atoms with Crippen LogP contribution in [0, 0.1) is 0 Å². The van der Waals surface area contributed by atoms with Crippen molar-refractivity contribution in [1.29, 1.82) is 0 Å². The van der Waals surface area contributed by atoms with Crippen LogP contribution in [-0.4, -0.2) is 13.2 Å². The molecule has 0 amide bonds. The Morgan fingerprint density at radius 3 is 2.36 bits per heavy atom. The van der Waals surface area contributed by atoms with Gasteiger partial charge in [0.1, 0.15) is 5.75 Å². The van der Waals surface area contributed by atoms with Crippen molar-refractivity contribution < 1.29 is 4.74 Å². The maximum atomic E-state index is 5.72. The lowest BCUT2D eigenvalue weighted by atomic mass is 10.3. The SMILES string of the molecule is Cl.NCCCCOc1ccc(Cl)cc1. The molecule has 1 aromatic carbocycles. The lowest BCUT2D eigenvalue weighted by Crippen LogP contribution is -2.03. The van der Waals surface area contributed by atoms with Gasteiger partial charge in [-0.15, -0.1) is 12.4 Å². The Kier molecular flexibility index (Phi) is 7.67. The molecule has 0 atom stereocenters. The molecule has 2 N–H and O–H groups in total. The van der Waals surface area contributed by atoms with Crippen LogP contribution in [0.5, 0.6) is 5.75 Å². The molecule has 80 valence electrons. The molecule has 14 heavy (non-hydrogen) atoms. The summed E-state index contributed by atoms with van der Waals surface area (Å²) >= 11 is 5.72. The Hall–Kier alpha value is -0.440. The van der Waals surface area contributed by atoms with Crippen LogP contribution in [-0.2, 0) is 0 Å². The first-order valence-corrected chi connectivity index (χ1v) is 4.79. The Bertz CT molecular complexity index is 238. The smallest absolute Gasteiger partial charge is 0.119 e. The molecule has 1 rings (SSSR count). The first kappa shape index (κ1) is 13.6. The van der Waals surface area contributed by atoms with E-state index in [0.717, 1.165) is 36.8 Å². The van der Waals surface area contributed by atoms with Crippen LogP contribution in [0.4, 0.5) is 0 Å². The highest BCUT2D eigenvalue weighted by Gasteiger charge is 1.92. The molecular weight excluding hydrogens is 221 g/mol. The van der Waals surface area contributed by atoms with Gasteiger partial charge in [-0.1, -0.05) is 11.6 Å². The van der Waals surface area contributed by atoms with Crippen molar-refractivity contribution in [3.05, 3.63) is 29.3 Å². The standard InChI is InChI=1S/C10H14ClNO.ClH/c11-9-3-5-10(6-4-9)13-8-2-1-7-12;/h3-6H,1-2,7-8,12H2;1H. The quantitative estimate of drug-likeness (QED) is 0.798. The Labute approximate surface area is 95.8 Å². The van der Waals surface area contributed by atoms with Crippen LogP contribution >= 0.6 is 24.0 Å². The fourth-order valence-corrected chi connectivity index (χ4v) is 1.09. The highest BCUT2D eigenvalue weighted by Crippen LogP contribution is 2.15. The highest BCUT2D eigenvalue weighted by atomic mass is 35.5. The van der Waals surface area contributed by atoms with Gasteiger partial charge in [-0.2, -0.15) is 0 Å². The van der Waals surface area contributed by atoms with Gasteiger partial charge in [0.2, 0.25) is 0 Å². The number of ether oxygens (including phenoxy) is 1. The van der Waals surface area contributed by atoms with Gasteiger partial charge in [0.25, 0.3) is 0 Å². The molecule has 0 saturated carbocycles. The number of benzene rings is 1. The third-order valence-corrected chi connectivity index (χ3v) is 1.93. The maximum Gasteiger partial charge on any atom is 0.119 e. The van der Waals surface area contributed by atoms with Crippen molar-refractivity contribution >= 4 is 24.0 Å². The summed E-state index contributed by atoms with van der Waals surface area (Å²) in [5.74, 6) is 0.862. The molecule has 0 unspecified atom stereocenters. The average Bonchev–Trinajstić information content (AvgIpc) is 2.15. The van der Waals surface area contributed by atoms with E-state index < -0.39 is 0 Å². The first-order chi connectivity index (χ1) is 6.33. The minimum Gasteiger partial charge on any atom is -0.494 e. The topological polar surface area (TPSA) is 35.2 Å². The molecule has 0 fully saturated rings. The minimum atomic E-state index is 0. The molecule has 0 aliphatic heterocycles. The molecule has 1 aromatic rings. The number of nitrogens with two attached hydrogens (primary N) is 1. The van der Waals surface area contributed by atoms with Gasteiger partial charge >= 0.3 is 0 Å². The summed E-state index contributed by atoms with van der Waals surface area (Å²) in [4.78, 5) is 0. The van der Waals surface area contributed by atoms with E-state index in [-0.39, 0.29) is 12.4 Å². The summed E-state index contributed by atoms with van der Waals surface area (Å²) in [6.07, 6.45) is 2.01.